The third kappa shape index (κ3) is 6.62. The van der Waals surface area contributed by atoms with Crippen LogP contribution in [0.1, 0.15) is 29.2 Å². The molecule has 1 fully saturated rings. The van der Waals surface area contributed by atoms with Crippen molar-refractivity contribution in [3.8, 4) is 17.2 Å². The van der Waals surface area contributed by atoms with Gasteiger partial charge in [-0.05, 0) is 105 Å². The van der Waals surface area contributed by atoms with Gasteiger partial charge in [-0.1, -0.05) is 42.5 Å². The Bertz CT molecular complexity index is 1380. The molecular formula is C29H27Br2NO5S. The Labute approximate surface area is 243 Å². The summed E-state index contributed by atoms with van der Waals surface area (Å²) in [5.74, 6) is 1.48. The fourth-order valence-electron chi connectivity index (χ4n) is 3.78. The summed E-state index contributed by atoms with van der Waals surface area (Å²) in [5, 5.41) is -0.325. The Morgan fingerprint density at radius 1 is 0.921 bits per heavy atom. The summed E-state index contributed by atoms with van der Waals surface area (Å²) in [6, 6.07) is 17.6. The van der Waals surface area contributed by atoms with E-state index in [-0.39, 0.29) is 24.3 Å². The monoisotopic (exact) mass is 659 g/mol. The van der Waals surface area contributed by atoms with Crippen molar-refractivity contribution in [2.24, 2.45) is 0 Å². The van der Waals surface area contributed by atoms with Crippen molar-refractivity contribution in [3.63, 3.8) is 0 Å². The molecule has 1 saturated heterocycles. The highest BCUT2D eigenvalue weighted by atomic mass is 79.9. The minimum Gasteiger partial charge on any atom is -0.491 e. The van der Waals surface area contributed by atoms with Crippen LogP contribution >= 0.6 is 43.6 Å². The lowest BCUT2D eigenvalue weighted by Gasteiger charge is -2.17. The zero-order chi connectivity index (χ0) is 27.2. The summed E-state index contributed by atoms with van der Waals surface area (Å²) in [6.07, 6.45) is 1.69. The fraction of sp³-hybridized carbons (Fsp3) is 0.241. The number of aryl methyl sites for hydroxylation is 2. The number of imide groups is 1. The maximum atomic E-state index is 13.1. The molecule has 3 aromatic carbocycles. The van der Waals surface area contributed by atoms with E-state index in [1.807, 2.05) is 69.3 Å². The molecule has 9 heteroatoms. The molecule has 6 nitrogen and oxygen atoms in total. The molecular weight excluding hydrogens is 634 g/mol. The number of rotatable bonds is 10. The molecule has 0 aliphatic carbocycles. The third-order valence-corrected chi connectivity index (χ3v) is 8.81. The topological polar surface area (TPSA) is 65.1 Å². The largest absolute Gasteiger partial charge is 0.491 e. The van der Waals surface area contributed by atoms with Gasteiger partial charge in [0.25, 0.3) is 11.1 Å². The minimum absolute atomic E-state index is 0.163. The molecule has 0 radical (unpaired) electrons. The highest BCUT2D eigenvalue weighted by Crippen LogP contribution is 2.45. The van der Waals surface area contributed by atoms with E-state index in [4.69, 9.17) is 14.2 Å². The van der Waals surface area contributed by atoms with Crippen LogP contribution in [0.25, 0.3) is 6.08 Å². The molecule has 1 aliphatic rings. The molecule has 0 saturated carbocycles. The van der Waals surface area contributed by atoms with E-state index in [0.717, 1.165) is 34.2 Å². The van der Waals surface area contributed by atoms with E-state index in [9.17, 15) is 9.59 Å². The Kier molecular flexibility index (Phi) is 9.57. The van der Waals surface area contributed by atoms with Crippen LogP contribution < -0.4 is 14.2 Å². The van der Waals surface area contributed by atoms with Gasteiger partial charge >= 0.3 is 0 Å². The predicted octanol–water partition coefficient (Wildman–Crippen LogP) is 7.92. The Balaban J connectivity index is 1.51. The quantitative estimate of drug-likeness (QED) is 0.206. The third-order valence-electron chi connectivity index (χ3n) is 5.76. The van der Waals surface area contributed by atoms with Crippen molar-refractivity contribution in [1.82, 2.24) is 4.90 Å². The van der Waals surface area contributed by atoms with Crippen LogP contribution in [-0.4, -0.2) is 35.8 Å². The van der Waals surface area contributed by atoms with Gasteiger partial charge in [0.2, 0.25) is 0 Å². The molecule has 0 bridgehead atoms. The van der Waals surface area contributed by atoms with Crippen LogP contribution in [-0.2, 0) is 11.4 Å². The molecule has 1 aliphatic heterocycles. The highest BCUT2D eigenvalue weighted by Gasteiger charge is 2.35. The number of carbonyl (C=O) groups is 2. The first-order chi connectivity index (χ1) is 18.3. The van der Waals surface area contributed by atoms with Crippen LogP contribution in [0.5, 0.6) is 17.2 Å². The van der Waals surface area contributed by atoms with Crippen LogP contribution in [0.15, 0.2) is 68.4 Å². The summed E-state index contributed by atoms with van der Waals surface area (Å²) >= 11 is 8.14. The van der Waals surface area contributed by atoms with E-state index in [1.54, 1.807) is 12.1 Å². The second-order valence-corrected chi connectivity index (χ2v) is 11.2. The van der Waals surface area contributed by atoms with Gasteiger partial charge in [0.1, 0.15) is 19.0 Å². The smallest absolute Gasteiger partial charge is 0.293 e. The number of thioether (sulfide) groups is 1. The van der Waals surface area contributed by atoms with E-state index in [0.29, 0.717) is 44.1 Å². The van der Waals surface area contributed by atoms with Gasteiger partial charge in [-0.15, -0.1) is 0 Å². The van der Waals surface area contributed by atoms with Gasteiger partial charge in [0, 0.05) is 4.47 Å². The lowest BCUT2D eigenvalue weighted by atomic mass is 10.1. The Morgan fingerprint density at radius 2 is 1.68 bits per heavy atom. The molecule has 0 unspecified atom stereocenters. The minimum atomic E-state index is -0.352. The second-order valence-electron chi connectivity index (χ2n) is 8.58. The maximum Gasteiger partial charge on any atom is 0.293 e. The molecule has 0 N–H and O–H groups in total. The summed E-state index contributed by atoms with van der Waals surface area (Å²) < 4.78 is 19.2. The summed E-state index contributed by atoms with van der Waals surface area (Å²) in [4.78, 5) is 27.3. The van der Waals surface area contributed by atoms with Crippen LogP contribution in [0, 0.1) is 13.8 Å². The van der Waals surface area contributed by atoms with Crippen molar-refractivity contribution in [3.05, 3.63) is 90.7 Å². The summed E-state index contributed by atoms with van der Waals surface area (Å²) in [6.45, 7) is 7.03. The normalized spacial score (nSPS) is 14.3. The molecule has 0 spiro atoms. The first-order valence-electron chi connectivity index (χ1n) is 12.1. The van der Waals surface area contributed by atoms with Gasteiger partial charge in [0.15, 0.2) is 11.5 Å². The molecule has 3 aromatic rings. The maximum absolute atomic E-state index is 13.1. The lowest BCUT2D eigenvalue weighted by Crippen LogP contribution is -2.32. The molecule has 0 atom stereocenters. The number of amides is 2. The first-order valence-corrected chi connectivity index (χ1v) is 14.5. The number of nitrogens with zero attached hydrogens (tertiary/aromatic N) is 1. The van der Waals surface area contributed by atoms with Gasteiger partial charge in [-0.25, -0.2) is 0 Å². The van der Waals surface area contributed by atoms with Crippen molar-refractivity contribution in [2.75, 3.05) is 19.8 Å². The number of carbonyl (C=O) groups excluding carboxylic acids is 2. The number of ether oxygens (including phenoxy) is 3. The van der Waals surface area contributed by atoms with Crippen molar-refractivity contribution < 1.29 is 23.8 Å². The SMILES string of the molecule is CCOc1cc(/C=C2\SC(=O)N(CCOc3cc(C)ccc3C)C2=O)c(Br)c(Br)c1OCc1ccccc1. The number of benzene rings is 3. The van der Waals surface area contributed by atoms with E-state index in [1.165, 1.54) is 4.90 Å². The average molecular weight is 661 g/mol. The van der Waals surface area contributed by atoms with Crippen molar-refractivity contribution in [2.45, 2.75) is 27.4 Å². The van der Waals surface area contributed by atoms with Crippen LogP contribution in [0.2, 0.25) is 0 Å². The molecule has 2 amide bonds. The molecule has 1 heterocycles. The first kappa shape index (κ1) is 28.3. The standard InChI is InChI=1S/C29H27Br2NO5S/c1-4-35-23-15-21(25(30)26(31)27(23)37-17-20-8-6-5-7-9-20)16-24-28(33)32(29(34)38-24)12-13-36-22-14-18(2)10-11-19(22)3/h5-11,14-16H,4,12-13,17H2,1-3H3/b24-16-. The van der Waals surface area contributed by atoms with E-state index in [2.05, 4.69) is 31.9 Å². The lowest BCUT2D eigenvalue weighted by molar-refractivity contribution is -0.123. The molecule has 198 valence electrons. The number of hydrogen-bond acceptors (Lipinski definition) is 6. The van der Waals surface area contributed by atoms with Gasteiger partial charge in [-0.2, -0.15) is 0 Å². The highest BCUT2D eigenvalue weighted by molar-refractivity contribution is 9.13. The van der Waals surface area contributed by atoms with Gasteiger partial charge < -0.3 is 14.2 Å². The number of halogens is 2. The molecule has 0 aromatic heterocycles. The fourth-order valence-corrected chi connectivity index (χ4v) is 5.58. The Hall–Kier alpha value is -2.75. The molecule has 38 heavy (non-hydrogen) atoms. The van der Waals surface area contributed by atoms with Gasteiger partial charge in [0.05, 0.1) is 22.5 Å². The van der Waals surface area contributed by atoms with E-state index < -0.39 is 0 Å². The summed E-state index contributed by atoms with van der Waals surface area (Å²) in [5.41, 5.74) is 3.79. The number of hydrogen-bond donors (Lipinski definition) is 0. The Morgan fingerprint density at radius 3 is 2.42 bits per heavy atom. The van der Waals surface area contributed by atoms with Crippen molar-refractivity contribution in [1.29, 1.82) is 0 Å². The summed E-state index contributed by atoms with van der Waals surface area (Å²) in [7, 11) is 0. The zero-order valence-corrected chi connectivity index (χ0v) is 25.2. The zero-order valence-electron chi connectivity index (χ0n) is 21.3. The average Bonchev–Trinajstić information content (AvgIpc) is 3.17. The van der Waals surface area contributed by atoms with E-state index >= 15 is 0 Å². The van der Waals surface area contributed by atoms with Crippen LogP contribution in [0.4, 0.5) is 4.79 Å². The predicted molar refractivity (Wildman–Crippen MR) is 158 cm³/mol. The van der Waals surface area contributed by atoms with Crippen molar-refractivity contribution >= 4 is 60.8 Å². The van der Waals surface area contributed by atoms with Gasteiger partial charge in [-0.3, -0.25) is 14.5 Å². The van der Waals surface area contributed by atoms with Crippen LogP contribution in [0.3, 0.4) is 0 Å². The molecule has 4 rings (SSSR count). The second kappa shape index (κ2) is 12.9.